The molecule has 0 heterocycles. The Balaban J connectivity index is 5.18. The topological polar surface area (TPSA) is 237 Å². The van der Waals surface area contributed by atoms with Gasteiger partial charge in [0.25, 0.3) is 0 Å². The quantitative estimate of drug-likeness (QED) is 0.0222. The van der Waals surface area contributed by atoms with Crippen molar-refractivity contribution in [2.24, 2.45) is 11.8 Å². The molecular formula is C73H142O17P2. The first-order chi connectivity index (χ1) is 44.4. The fraction of sp³-hybridized carbons (Fsp3) is 0.945. The molecule has 0 rings (SSSR count). The van der Waals surface area contributed by atoms with Crippen LogP contribution in [0.1, 0.15) is 375 Å². The van der Waals surface area contributed by atoms with Crippen LogP contribution in [0.15, 0.2) is 0 Å². The maximum absolute atomic E-state index is 13.0. The molecule has 0 aliphatic rings. The minimum absolute atomic E-state index is 0.104. The van der Waals surface area contributed by atoms with Gasteiger partial charge in [-0.15, -0.1) is 0 Å². The zero-order valence-electron chi connectivity index (χ0n) is 59.9. The molecule has 5 atom stereocenters. The molecule has 0 saturated heterocycles. The number of hydrogen-bond acceptors (Lipinski definition) is 15. The van der Waals surface area contributed by atoms with E-state index in [0.29, 0.717) is 25.7 Å². The Morgan fingerprint density at radius 1 is 0.293 bits per heavy atom. The van der Waals surface area contributed by atoms with E-state index in [9.17, 15) is 43.2 Å². The van der Waals surface area contributed by atoms with Gasteiger partial charge in [0.15, 0.2) is 12.2 Å². The van der Waals surface area contributed by atoms with Crippen LogP contribution in [0.25, 0.3) is 0 Å². The first kappa shape index (κ1) is 90.1. The third kappa shape index (κ3) is 66.7. The molecule has 0 amide bonds. The van der Waals surface area contributed by atoms with Gasteiger partial charge in [0, 0.05) is 25.7 Å². The zero-order chi connectivity index (χ0) is 67.9. The number of ether oxygens (including phenoxy) is 4. The van der Waals surface area contributed by atoms with Gasteiger partial charge in [-0.05, 0) is 37.5 Å². The molecule has 92 heavy (non-hydrogen) atoms. The van der Waals surface area contributed by atoms with Crippen LogP contribution in [0.2, 0.25) is 0 Å². The van der Waals surface area contributed by atoms with Crippen molar-refractivity contribution >= 4 is 39.5 Å². The summed E-state index contributed by atoms with van der Waals surface area (Å²) in [5.41, 5.74) is 0. The standard InChI is InChI=1S/C73H142O17P2/c1-7-9-11-13-15-17-18-19-20-21-22-23-24-25-26-27-32-39-45-51-57-72(77)89-69(62-84-71(76)56-50-44-38-31-29-28-30-35-41-47-53-65(3)4)64-88-92(81,82)86-60-67(74)59-85-91(79,80)87-63-68(61-83-70(75)55-49-43-37-16-14-12-10-8-2)90-73(78)58-52-46-40-34-33-36-42-48-54-66(5)6/h65-69,74H,7-64H2,1-6H3,(H,79,80)(H,81,82)/t67-,68+,69+/m0/s1. The fourth-order valence-electron chi connectivity index (χ4n) is 11.1. The molecule has 0 saturated carbocycles. The molecule has 0 bridgehead atoms. The number of unbranched alkanes of at least 4 members (excludes halogenated alkanes) is 42. The molecular weight excluding hydrogens is 1210 g/mol. The van der Waals surface area contributed by atoms with Crippen LogP contribution >= 0.6 is 15.6 Å². The lowest BCUT2D eigenvalue weighted by Crippen LogP contribution is -2.30. The van der Waals surface area contributed by atoms with Crippen molar-refractivity contribution < 1.29 is 80.2 Å². The zero-order valence-corrected chi connectivity index (χ0v) is 61.6. The molecule has 0 aromatic rings. The third-order valence-corrected chi connectivity index (χ3v) is 18.9. The molecule has 3 N–H and O–H groups in total. The summed E-state index contributed by atoms with van der Waals surface area (Å²) in [7, 11) is -9.90. The van der Waals surface area contributed by atoms with E-state index in [1.165, 1.54) is 186 Å². The Bertz CT molecular complexity index is 1790. The van der Waals surface area contributed by atoms with Gasteiger partial charge in [0.1, 0.15) is 19.3 Å². The van der Waals surface area contributed by atoms with Crippen LogP contribution in [0.3, 0.4) is 0 Å². The van der Waals surface area contributed by atoms with Crippen molar-refractivity contribution in [3.05, 3.63) is 0 Å². The van der Waals surface area contributed by atoms with Crippen LogP contribution in [0.4, 0.5) is 0 Å². The van der Waals surface area contributed by atoms with Crippen molar-refractivity contribution in [1.29, 1.82) is 0 Å². The lowest BCUT2D eigenvalue weighted by molar-refractivity contribution is -0.161. The van der Waals surface area contributed by atoms with E-state index in [2.05, 4.69) is 41.5 Å². The SMILES string of the molecule is CCCCCCCCCCCCCCCCCCCCCCC(=O)O[C@H](COC(=O)CCCCCCCCCCCCC(C)C)COP(=O)(O)OC[C@@H](O)COP(=O)(O)OC[C@@H](COC(=O)CCCCCCCCCC)OC(=O)CCCCCCCCCCC(C)C. The van der Waals surface area contributed by atoms with Gasteiger partial charge in [0.05, 0.1) is 26.4 Å². The Morgan fingerprint density at radius 2 is 0.500 bits per heavy atom. The van der Waals surface area contributed by atoms with E-state index in [4.69, 9.17) is 37.0 Å². The highest BCUT2D eigenvalue weighted by Crippen LogP contribution is 2.45. The number of aliphatic hydroxyl groups excluding tert-OH is 1. The van der Waals surface area contributed by atoms with Crippen LogP contribution in [0, 0.1) is 11.8 Å². The number of esters is 4. The smallest absolute Gasteiger partial charge is 0.462 e. The second-order valence-corrected chi connectivity index (χ2v) is 30.2. The molecule has 19 heteroatoms. The minimum Gasteiger partial charge on any atom is -0.462 e. The lowest BCUT2D eigenvalue weighted by Gasteiger charge is -2.21. The summed E-state index contributed by atoms with van der Waals surface area (Å²) in [5, 5.41) is 10.6. The van der Waals surface area contributed by atoms with Gasteiger partial charge >= 0.3 is 39.5 Å². The third-order valence-electron chi connectivity index (χ3n) is 17.0. The Kier molecular flexibility index (Phi) is 63.7. The van der Waals surface area contributed by atoms with Crippen LogP contribution in [0.5, 0.6) is 0 Å². The highest BCUT2D eigenvalue weighted by Gasteiger charge is 2.30. The van der Waals surface area contributed by atoms with Gasteiger partial charge in [-0.2, -0.15) is 0 Å². The van der Waals surface area contributed by atoms with Crippen molar-refractivity contribution in [2.75, 3.05) is 39.6 Å². The molecule has 2 unspecified atom stereocenters. The van der Waals surface area contributed by atoms with Gasteiger partial charge < -0.3 is 33.8 Å². The molecule has 0 aliphatic heterocycles. The number of carbonyl (C=O) groups is 4. The van der Waals surface area contributed by atoms with Crippen LogP contribution < -0.4 is 0 Å². The first-order valence-corrected chi connectivity index (χ1v) is 41.0. The molecule has 0 radical (unpaired) electrons. The van der Waals surface area contributed by atoms with Crippen LogP contribution in [-0.4, -0.2) is 96.7 Å². The Labute approximate surface area is 562 Å². The second kappa shape index (κ2) is 65.0. The van der Waals surface area contributed by atoms with Gasteiger partial charge in [0.2, 0.25) is 0 Å². The molecule has 0 fully saturated rings. The first-order valence-electron chi connectivity index (χ1n) is 38.0. The number of aliphatic hydroxyl groups is 1. The largest absolute Gasteiger partial charge is 0.472 e. The maximum Gasteiger partial charge on any atom is 0.472 e. The molecule has 17 nitrogen and oxygen atoms in total. The Hall–Kier alpha value is -1.94. The van der Waals surface area contributed by atoms with E-state index in [0.717, 1.165) is 108 Å². The molecule has 0 spiro atoms. The minimum atomic E-state index is -4.95. The lowest BCUT2D eigenvalue weighted by atomic mass is 10.0. The summed E-state index contributed by atoms with van der Waals surface area (Å²) < 4.78 is 68.3. The molecule has 546 valence electrons. The fourth-order valence-corrected chi connectivity index (χ4v) is 12.7. The highest BCUT2D eigenvalue weighted by molar-refractivity contribution is 7.47. The van der Waals surface area contributed by atoms with Gasteiger partial charge in [-0.3, -0.25) is 37.3 Å². The van der Waals surface area contributed by atoms with Gasteiger partial charge in [-0.1, -0.05) is 324 Å². The monoisotopic (exact) mass is 1350 g/mol. The summed E-state index contributed by atoms with van der Waals surface area (Å²) in [6.45, 7) is 9.49. The van der Waals surface area contributed by atoms with Crippen molar-refractivity contribution in [3.8, 4) is 0 Å². The number of phosphoric ester groups is 2. The Morgan fingerprint density at radius 3 is 0.739 bits per heavy atom. The summed E-state index contributed by atoms with van der Waals surface area (Å²) in [4.78, 5) is 72.5. The van der Waals surface area contributed by atoms with E-state index in [-0.39, 0.29) is 25.7 Å². The molecule has 0 aliphatic carbocycles. The van der Waals surface area contributed by atoms with E-state index >= 15 is 0 Å². The highest BCUT2D eigenvalue weighted by atomic mass is 31.2. The number of phosphoric acid groups is 2. The maximum atomic E-state index is 13.0. The van der Waals surface area contributed by atoms with Crippen molar-refractivity contribution in [1.82, 2.24) is 0 Å². The van der Waals surface area contributed by atoms with E-state index in [1.807, 2.05) is 0 Å². The van der Waals surface area contributed by atoms with Crippen LogP contribution in [-0.2, 0) is 65.4 Å². The summed E-state index contributed by atoms with van der Waals surface area (Å²) >= 11 is 0. The normalized spacial score (nSPS) is 14.1. The average Bonchev–Trinajstić information content (AvgIpc) is 3.04. The van der Waals surface area contributed by atoms with E-state index < -0.39 is 97.5 Å². The molecule has 0 aromatic heterocycles. The number of hydrogen-bond donors (Lipinski definition) is 3. The van der Waals surface area contributed by atoms with E-state index in [1.54, 1.807) is 0 Å². The molecule has 0 aromatic carbocycles. The van der Waals surface area contributed by atoms with Gasteiger partial charge in [-0.25, -0.2) is 9.13 Å². The number of rotatable bonds is 72. The summed E-state index contributed by atoms with van der Waals surface area (Å²) in [5.74, 6) is -0.648. The van der Waals surface area contributed by atoms with Crippen molar-refractivity contribution in [2.45, 2.75) is 394 Å². The predicted molar refractivity (Wildman–Crippen MR) is 372 cm³/mol. The average molecular weight is 1350 g/mol. The van der Waals surface area contributed by atoms with Crippen molar-refractivity contribution in [3.63, 3.8) is 0 Å². The second-order valence-electron chi connectivity index (χ2n) is 27.3. The summed E-state index contributed by atoms with van der Waals surface area (Å²) in [6, 6.07) is 0. The predicted octanol–water partition coefficient (Wildman–Crippen LogP) is 21.2. The summed E-state index contributed by atoms with van der Waals surface area (Å²) in [6.07, 6.45) is 51.6. The number of carbonyl (C=O) groups excluding carboxylic acids is 4.